The van der Waals surface area contributed by atoms with Gasteiger partial charge in [-0.2, -0.15) is 4.98 Å². The SMILES string of the molecule is Nc1nc(NNC(=O)CC2CCCO2)c(Br)c(-c2ncco2)n1. The molecule has 1 aliphatic heterocycles. The van der Waals surface area contributed by atoms with Crippen LogP contribution in [0, 0.1) is 0 Å². The number of rotatable bonds is 5. The van der Waals surface area contributed by atoms with Gasteiger partial charge in [-0.3, -0.25) is 15.6 Å². The van der Waals surface area contributed by atoms with Gasteiger partial charge >= 0.3 is 0 Å². The van der Waals surface area contributed by atoms with E-state index in [-0.39, 0.29) is 24.4 Å². The van der Waals surface area contributed by atoms with E-state index in [4.69, 9.17) is 14.9 Å². The number of carbonyl (C=O) groups excluding carboxylic acids is 1. The van der Waals surface area contributed by atoms with Crippen molar-refractivity contribution in [2.75, 3.05) is 17.8 Å². The van der Waals surface area contributed by atoms with Crippen LogP contribution in [-0.2, 0) is 9.53 Å². The number of nitrogen functional groups attached to an aromatic ring is 1. The van der Waals surface area contributed by atoms with E-state index in [1.165, 1.54) is 12.5 Å². The third kappa shape index (κ3) is 3.77. The van der Waals surface area contributed by atoms with Crippen molar-refractivity contribution in [3.63, 3.8) is 0 Å². The molecule has 4 N–H and O–H groups in total. The largest absolute Gasteiger partial charge is 0.443 e. The minimum absolute atomic E-state index is 0.0253. The summed E-state index contributed by atoms with van der Waals surface area (Å²) in [5.41, 5.74) is 11.4. The van der Waals surface area contributed by atoms with Gasteiger partial charge in [0.15, 0.2) is 5.82 Å². The Morgan fingerprint density at radius 3 is 3.04 bits per heavy atom. The molecular weight excluding hydrogens is 368 g/mol. The lowest BCUT2D eigenvalue weighted by atomic mass is 10.2. The first kappa shape index (κ1) is 15.7. The number of hydrazine groups is 1. The third-order valence-electron chi connectivity index (χ3n) is 3.26. The van der Waals surface area contributed by atoms with Crippen molar-refractivity contribution in [3.8, 4) is 11.6 Å². The van der Waals surface area contributed by atoms with E-state index in [1.807, 2.05) is 0 Å². The van der Waals surface area contributed by atoms with Crippen molar-refractivity contribution in [1.29, 1.82) is 0 Å². The molecule has 3 rings (SSSR count). The Kier molecular flexibility index (Phi) is 4.72. The van der Waals surface area contributed by atoms with Crippen LogP contribution in [-0.4, -0.2) is 33.6 Å². The molecule has 1 aliphatic rings. The Morgan fingerprint density at radius 1 is 1.48 bits per heavy atom. The molecule has 0 saturated carbocycles. The molecule has 122 valence electrons. The number of anilines is 2. The van der Waals surface area contributed by atoms with Crippen molar-refractivity contribution in [2.45, 2.75) is 25.4 Å². The third-order valence-corrected chi connectivity index (χ3v) is 4.01. The summed E-state index contributed by atoms with van der Waals surface area (Å²) in [6.07, 6.45) is 5.06. The first-order valence-electron chi connectivity index (χ1n) is 7.03. The maximum atomic E-state index is 11.9. The lowest BCUT2D eigenvalue weighted by Gasteiger charge is -2.13. The minimum atomic E-state index is -0.196. The Labute approximate surface area is 140 Å². The molecule has 1 saturated heterocycles. The molecule has 2 aromatic heterocycles. The average Bonchev–Trinajstić information content (AvgIpc) is 3.21. The van der Waals surface area contributed by atoms with E-state index >= 15 is 0 Å². The van der Waals surface area contributed by atoms with Crippen molar-refractivity contribution >= 4 is 33.6 Å². The van der Waals surface area contributed by atoms with E-state index in [0.29, 0.717) is 28.5 Å². The Morgan fingerprint density at radius 2 is 2.35 bits per heavy atom. The Bertz CT molecular complexity index is 687. The van der Waals surface area contributed by atoms with E-state index in [0.717, 1.165) is 12.8 Å². The van der Waals surface area contributed by atoms with Gasteiger partial charge in [0.2, 0.25) is 17.7 Å². The van der Waals surface area contributed by atoms with Gasteiger partial charge in [-0.25, -0.2) is 9.97 Å². The maximum absolute atomic E-state index is 11.9. The van der Waals surface area contributed by atoms with Crippen LogP contribution in [0.2, 0.25) is 0 Å². The van der Waals surface area contributed by atoms with Gasteiger partial charge in [0.25, 0.3) is 0 Å². The van der Waals surface area contributed by atoms with Crippen LogP contribution < -0.4 is 16.6 Å². The number of nitrogens with one attached hydrogen (secondary N) is 2. The van der Waals surface area contributed by atoms with E-state index in [2.05, 4.69) is 41.7 Å². The fourth-order valence-corrected chi connectivity index (χ4v) is 2.67. The molecule has 23 heavy (non-hydrogen) atoms. The number of oxazole rings is 1. The van der Waals surface area contributed by atoms with Gasteiger partial charge in [-0.1, -0.05) is 0 Å². The molecule has 1 fully saturated rings. The highest BCUT2D eigenvalue weighted by molar-refractivity contribution is 9.10. The predicted molar refractivity (Wildman–Crippen MR) is 85.0 cm³/mol. The smallest absolute Gasteiger partial charge is 0.246 e. The van der Waals surface area contributed by atoms with Crippen LogP contribution in [0.15, 0.2) is 21.3 Å². The molecule has 3 heterocycles. The van der Waals surface area contributed by atoms with Gasteiger partial charge in [-0.05, 0) is 28.8 Å². The van der Waals surface area contributed by atoms with Gasteiger partial charge in [-0.15, -0.1) is 0 Å². The molecule has 1 amide bonds. The van der Waals surface area contributed by atoms with Crippen molar-refractivity contribution in [2.24, 2.45) is 0 Å². The number of aromatic nitrogens is 3. The first-order chi connectivity index (χ1) is 11.1. The zero-order valence-corrected chi connectivity index (χ0v) is 13.7. The highest BCUT2D eigenvalue weighted by Gasteiger charge is 2.20. The molecule has 0 spiro atoms. The van der Waals surface area contributed by atoms with Gasteiger partial charge in [0.05, 0.1) is 23.2 Å². The topological polar surface area (TPSA) is 128 Å². The zero-order chi connectivity index (χ0) is 16.2. The minimum Gasteiger partial charge on any atom is -0.443 e. The number of nitrogens with zero attached hydrogens (tertiary/aromatic N) is 3. The number of halogens is 1. The molecular formula is C13H15BrN6O3. The lowest BCUT2D eigenvalue weighted by molar-refractivity contribution is -0.122. The number of ether oxygens (including phenoxy) is 1. The van der Waals surface area contributed by atoms with Crippen LogP contribution in [0.25, 0.3) is 11.6 Å². The summed E-state index contributed by atoms with van der Waals surface area (Å²) >= 11 is 3.36. The fraction of sp³-hybridized carbons (Fsp3) is 0.385. The summed E-state index contributed by atoms with van der Waals surface area (Å²) in [5.74, 6) is 0.432. The highest BCUT2D eigenvalue weighted by Crippen LogP contribution is 2.30. The zero-order valence-electron chi connectivity index (χ0n) is 12.1. The summed E-state index contributed by atoms with van der Waals surface area (Å²) in [7, 11) is 0. The monoisotopic (exact) mass is 382 g/mol. The Hall–Kier alpha value is -2.20. The molecule has 9 nitrogen and oxygen atoms in total. The summed E-state index contributed by atoms with van der Waals surface area (Å²) in [5, 5.41) is 0. The normalized spacial score (nSPS) is 17.2. The second-order valence-electron chi connectivity index (χ2n) is 4.94. The number of nitrogens with two attached hydrogens (primary N) is 1. The first-order valence-corrected chi connectivity index (χ1v) is 7.82. The lowest BCUT2D eigenvalue weighted by Crippen LogP contribution is -2.32. The van der Waals surface area contributed by atoms with Crippen LogP contribution >= 0.6 is 15.9 Å². The molecule has 1 unspecified atom stereocenters. The average molecular weight is 383 g/mol. The van der Waals surface area contributed by atoms with E-state index in [9.17, 15) is 4.79 Å². The van der Waals surface area contributed by atoms with Crippen LogP contribution in [0.1, 0.15) is 19.3 Å². The van der Waals surface area contributed by atoms with Crippen LogP contribution in [0.3, 0.4) is 0 Å². The Balaban J connectivity index is 1.69. The molecule has 2 aromatic rings. The van der Waals surface area contributed by atoms with Gasteiger partial charge in [0, 0.05) is 6.61 Å². The second-order valence-corrected chi connectivity index (χ2v) is 5.74. The van der Waals surface area contributed by atoms with Crippen molar-refractivity contribution < 1.29 is 13.9 Å². The summed E-state index contributed by atoms with van der Waals surface area (Å²) in [6.45, 7) is 0.707. The number of amides is 1. The molecule has 1 atom stereocenters. The number of carbonyl (C=O) groups is 1. The van der Waals surface area contributed by atoms with Crippen LogP contribution in [0.5, 0.6) is 0 Å². The molecule has 10 heteroatoms. The van der Waals surface area contributed by atoms with Gasteiger partial charge < -0.3 is 14.9 Å². The quantitative estimate of drug-likeness (QED) is 0.663. The van der Waals surface area contributed by atoms with Gasteiger partial charge in [0.1, 0.15) is 12.0 Å². The van der Waals surface area contributed by atoms with Crippen molar-refractivity contribution in [3.05, 3.63) is 16.9 Å². The molecule has 0 radical (unpaired) electrons. The number of hydrogen-bond donors (Lipinski definition) is 3. The van der Waals surface area contributed by atoms with E-state index in [1.54, 1.807) is 0 Å². The van der Waals surface area contributed by atoms with Crippen molar-refractivity contribution in [1.82, 2.24) is 20.4 Å². The maximum Gasteiger partial charge on any atom is 0.246 e. The van der Waals surface area contributed by atoms with E-state index < -0.39 is 0 Å². The second kappa shape index (κ2) is 6.92. The molecule has 0 bridgehead atoms. The summed E-state index contributed by atoms with van der Waals surface area (Å²) in [4.78, 5) is 24.0. The standard InChI is InChI=1S/C13H15BrN6O3/c14-9-10(12-16-3-5-23-12)17-13(15)18-11(9)20-19-8(21)6-7-2-1-4-22-7/h3,5,7H,1-2,4,6H2,(H,19,21)(H3,15,17,18,20). The summed E-state index contributed by atoms with van der Waals surface area (Å²) < 4.78 is 11.1. The predicted octanol–water partition coefficient (Wildman–Crippen LogP) is 1.49. The highest BCUT2D eigenvalue weighted by atomic mass is 79.9. The van der Waals surface area contributed by atoms with Crippen LogP contribution in [0.4, 0.5) is 11.8 Å². The molecule has 0 aliphatic carbocycles. The fourth-order valence-electron chi connectivity index (χ4n) is 2.22. The number of hydrogen-bond acceptors (Lipinski definition) is 8. The molecule has 0 aromatic carbocycles. The summed E-state index contributed by atoms with van der Waals surface area (Å²) in [6, 6.07) is 0.